The number of hydrogen-bond donors (Lipinski definition) is 1. The summed E-state index contributed by atoms with van der Waals surface area (Å²) in [6.45, 7) is 9.72. The second-order valence-electron chi connectivity index (χ2n) is 10.4. The number of nitrogens with one attached hydrogen (secondary N) is 1. The van der Waals surface area contributed by atoms with Crippen LogP contribution in [0.3, 0.4) is 0 Å². The van der Waals surface area contributed by atoms with E-state index in [0.717, 1.165) is 37.1 Å². The second-order valence-corrected chi connectivity index (χ2v) is 12.4. The topological polar surface area (TPSA) is 98.7 Å². The molecule has 2 aromatic rings. The highest BCUT2D eigenvalue weighted by Gasteiger charge is 2.39. The first-order valence-electron chi connectivity index (χ1n) is 12.6. The largest absolute Gasteiger partial charge is 0.366 e. The zero-order valence-electron chi connectivity index (χ0n) is 21.9. The van der Waals surface area contributed by atoms with Gasteiger partial charge in [0.2, 0.25) is 10.0 Å². The molecule has 9 nitrogen and oxygen atoms in total. The van der Waals surface area contributed by atoms with Gasteiger partial charge in [-0.05, 0) is 36.8 Å². The smallest absolute Gasteiger partial charge is 0.272 e. The number of amides is 1. The molecule has 0 atom stereocenters. The van der Waals surface area contributed by atoms with Gasteiger partial charge in [0.25, 0.3) is 5.91 Å². The van der Waals surface area contributed by atoms with E-state index in [4.69, 9.17) is 0 Å². The fraction of sp³-hybridized carbons (Fsp3) is 0.577. The highest BCUT2D eigenvalue weighted by molar-refractivity contribution is 7.88. The summed E-state index contributed by atoms with van der Waals surface area (Å²) in [5, 5.41) is 3.36. The summed E-state index contributed by atoms with van der Waals surface area (Å²) in [4.78, 5) is 26.2. The highest BCUT2D eigenvalue weighted by Crippen LogP contribution is 2.26. The zero-order chi connectivity index (χ0) is 26.0. The Morgan fingerprint density at radius 3 is 2.36 bits per heavy atom. The first-order chi connectivity index (χ1) is 17.0. The van der Waals surface area contributed by atoms with Crippen LogP contribution >= 0.6 is 0 Å². The van der Waals surface area contributed by atoms with E-state index >= 15 is 0 Å². The molecule has 0 radical (unpaired) electrons. The Kier molecular flexibility index (Phi) is 7.96. The summed E-state index contributed by atoms with van der Waals surface area (Å²) >= 11 is 0. The molecule has 1 aromatic carbocycles. The lowest BCUT2D eigenvalue weighted by atomic mass is 9.97. The van der Waals surface area contributed by atoms with Gasteiger partial charge in [0.1, 0.15) is 17.8 Å². The first kappa shape index (κ1) is 26.5. The minimum Gasteiger partial charge on any atom is -0.366 e. The molecule has 1 aromatic heterocycles. The average molecular weight is 515 g/mol. The van der Waals surface area contributed by atoms with Gasteiger partial charge < -0.3 is 10.2 Å². The van der Waals surface area contributed by atoms with E-state index in [1.165, 1.54) is 22.5 Å². The Morgan fingerprint density at radius 1 is 1.14 bits per heavy atom. The molecule has 36 heavy (non-hydrogen) atoms. The van der Waals surface area contributed by atoms with Crippen molar-refractivity contribution in [2.75, 3.05) is 44.8 Å². The van der Waals surface area contributed by atoms with Crippen LogP contribution in [0.25, 0.3) is 0 Å². The second kappa shape index (κ2) is 10.8. The molecule has 0 bridgehead atoms. The lowest BCUT2D eigenvalue weighted by Gasteiger charge is -2.49. The number of benzene rings is 1. The molecule has 3 heterocycles. The number of rotatable bonds is 8. The number of sulfonamides is 1. The molecule has 1 N–H and O–H groups in total. The van der Waals surface area contributed by atoms with Crippen LogP contribution < -0.4 is 5.32 Å². The van der Waals surface area contributed by atoms with Crippen molar-refractivity contribution in [2.45, 2.75) is 58.2 Å². The van der Waals surface area contributed by atoms with Crippen molar-refractivity contribution in [3.8, 4) is 0 Å². The molecule has 1 amide bonds. The maximum atomic E-state index is 13.3. The van der Waals surface area contributed by atoms with Gasteiger partial charge in [0, 0.05) is 57.4 Å². The van der Waals surface area contributed by atoms with Crippen LogP contribution in [0, 0.1) is 6.92 Å². The van der Waals surface area contributed by atoms with Crippen molar-refractivity contribution in [1.29, 1.82) is 0 Å². The van der Waals surface area contributed by atoms with E-state index in [0.29, 0.717) is 43.1 Å². The van der Waals surface area contributed by atoms with E-state index < -0.39 is 10.0 Å². The van der Waals surface area contributed by atoms with E-state index in [2.05, 4.69) is 58.3 Å². The predicted molar refractivity (Wildman–Crippen MR) is 142 cm³/mol. The lowest BCUT2D eigenvalue weighted by molar-refractivity contribution is 0.0172. The molecule has 4 rings (SSSR count). The maximum absolute atomic E-state index is 13.3. The van der Waals surface area contributed by atoms with E-state index in [-0.39, 0.29) is 11.9 Å². The summed E-state index contributed by atoms with van der Waals surface area (Å²) in [6, 6.07) is 8.96. The Morgan fingerprint density at radius 2 is 1.78 bits per heavy atom. The van der Waals surface area contributed by atoms with Gasteiger partial charge in [-0.3, -0.25) is 9.69 Å². The Balaban J connectivity index is 1.30. The van der Waals surface area contributed by atoms with Gasteiger partial charge in [0.05, 0.1) is 6.26 Å². The van der Waals surface area contributed by atoms with Crippen molar-refractivity contribution in [3.63, 3.8) is 0 Å². The van der Waals surface area contributed by atoms with Crippen LogP contribution in [0.2, 0.25) is 0 Å². The monoisotopic (exact) mass is 514 g/mol. The van der Waals surface area contributed by atoms with E-state index in [1.54, 1.807) is 7.05 Å². The van der Waals surface area contributed by atoms with Crippen molar-refractivity contribution < 1.29 is 13.2 Å². The summed E-state index contributed by atoms with van der Waals surface area (Å²) < 4.78 is 25.0. The van der Waals surface area contributed by atoms with Crippen molar-refractivity contribution in [2.24, 2.45) is 0 Å². The molecular weight excluding hydrogens is 476 g/mol. The van der Waals surface area contributed by atoms with Crippen LogP contribution in [-0.2, 0) is 16.6 Å². The standard InChI is InChI=1S/C26H38N6O3S/c1-18(2)21-8-6-20(7-9-21)14-27-25-19(3)24(28-17-29-25)26(33)31-12-10-22(11-13-31)32-15-23(16-32)30(4)36(5,34)35/h6-9,17-18,22-23H,10-16H2,1-5H3,(H,27,28,29). The number of carbonyl (C=O) groups is 1. The maximum Gasteiger partial charge on any atom is 0.272 e. The molecule has 0 saturated carbocycles. The van der Waals surface area contributed by atoms with Gasteiger partial charge in [-0.2, -0.15) is 4.31 Å². The van der Waals surface area contributed by atoms with E-state index in [9.17, 15) is 13.2 Å². The van der Waals surface area contributed by atoms with Gasteiger partial charge in [0.15, 0.2) is 0 Å². The first-order valence-corrected chi connectivity index (χ1v) is 14.5. The van der Waals surface area contributed by atoms with Crippen LogP contribution in [-0.4, -0.2) is 90.0 Å². The van der Waals surface area contributed by atoms with Crippen molar-refractivity contribution >= 4 is 21.7 Å². The van der Waals surface area contributed by atoms with Gasteiger partial charge in [-0.1, -0.05) is 38.1 Å². The molecule has 0 spiro atoms. The molecule has 196 valence electrons. The summed E-state index contributed by atoms with van der Waals surface area (Å²) in [5.41, 5.74) is 3.67. The SMILES string of the molecule is Cc1c(NCc2ccc(C(C)C)cc2)ncnc1C(=O)N1CCC(N2CC(N(C)S(C)(=O)=O)C2)CC1. The number of aromatic nitrogens is 2. The van der Waals surface area contributed by atoms with Crippen LogP contribution in [0.5, 0.6) is 0 Å². The summed E-state index contributed by atoms with van der Waals surface area (Å²) in [5.74, 6) is 1.12. The van der Waals surface area contributed by atoms with Crippen LogP contribution in [0.15, 0.2) is 30.6 Å². The van der Waals surface area contributed by atoms with E-state index in [1.807, 2.05) is 11.8 Å². The number of hydrogen-bond acceptors (Lipinski definition) is 7. The quantitative estimate of drug-likeness (QED) is 0.578. The average Bonchev–Trinajstić information content (AvgIpc) is 2.82. The number of likely N-dealkylation sites (N-methyl/N-ethyl adjacent to an activating group) is 1. The Labute approximate surface area is 215 Å². The molecule has 2 aliphatic rings. The molecule has 2 saturated heterocycles. The molecule has 2 aliphatic heterocycles. The highest BCUT2D eigenvalue weighted by atomic mass is 32.2. The fourth-order valence-corrected chi connectivity index (χ4v) is 5.60. The number of likely N-dealkylation sites (tertiary alicyclic amines) is 2. The predicted octanol–water partition coefficient (Wildman–Crippen LogP) is 2.70. The molecule has 0 unspecified atom stereocenters. The minimum atomic E-state index is -3.16. The number of piperidine rings is 1. The number of carbonyl (C=O) groups excluding carboxylic acids is 1. The molecule has 2 fully saturated rings. The normalized spacial score (nSPS) is 18.0. The molecular formula is C26H38N6O3S. The zero-order valence-corrected chi connectivity index (χ0v) is 22.8. The summed E-state index contributed by atoms with van der Waals surface area (Å²) in [6.07, 6.45) is 4.46. The van der Waals surface area contributed by atoms with Gasteiger partial charge >= 0.3 is 0 Å². The van der Waals surface area contributed by atoms with Gasteiger partial charge in [-0.15, -0.1) is 0 Å². The third-order valence-electron chi connectivity index (χ3n) is 7.59. The Bertz CT molecular complexity index is 1170. The van der Waals surface area contributed by atoms with Crippen LogP contribution in [0.4, 0.5) is 5.82 Å². The number of nitrogens with zero attached hydrogens (tertiary/aromatic N) is 5. The third-order valence-corrected chi connectivity index (χ3v) is 8.93. The van der Waals surface area contributed by atoms with Crippen LogP contribution in [0.1, 0.15) is 59.8 Å². The number of anilines is 1. The van der Waals surface area contributed by atoms with Crippen molar-refractivity contribution in [1.82, 2.24) is 24.1 Å². The Hall–Kier alpha value is -2.56. The molecule has 10 heteroatoms. The lowest BCUT2D eigenvalue weighted by Crippen LogP contribution is -2.63. The summed E-state index contributed by atoms with van der Waals surface area (Å²) in [7, 11) is -1.52. The van der Waals surface area contributed by atoms with Gasteiger partial charge in [-0.25, -0.2) is 18.4 Å². The van der Waals surface area contributed by atoms with Crippen molar-refractivity contribution in [3.05, 3.63) is 53.0 Å². The molecule has 0 aliphatic carbocycles. The third kappa shape index (κ3) is 5.87. The minimum absolute atomic E-state index is 0.0439. The fourth-order valence-electron chi connectivity index (χ4n) is 4.92.